The van der Waals surface area contributed by atoms with Crippen molar-refractivity contribution in [1.82, 2.24) is 9.97 Å². The molecule has 0 aromatic carbocycles. The molecule has 8 heteroatoms. The van der Waals surface area contributed by atoms with Gasteiger partial charge in [-0.15, -0.1) is 0 Å². The highest BCUT2D eigenvalue weighted by atomic mass is 16.6. The highest BCUT2D eigenvalue weighted by Gasteiger charge is 2.28. The van der Waals surface area contributed by atoms with E-state index in [2.05, 4.69) is 22.2 Å². The number of rotatable bonds is 5. The van der Waals surface area contributed by atoms with E-state index in [1.165, 1.54) is 14.2 Å². The summed E-state index contributed by atoms with van der Waals surface area (Å²) in [4.78, 5) is 18.3. The minimum atomic E-state index is -0.646. The number of aromatic nitrogens is 2. The summed E-state index contributed by atoms with van der Waals surface area (Å²) >= 11 is 0. The number of anilines is 1. The van der Waals surface area contributed by atoms with Gasteiger partial charge in [0.15, 0.2) is 0 Å². The van der Waals surface area contributed by atoms with Gasteiger partial charge in [0.1, 0.15) is 0 Å². The second-order valence-electron chi connectivity index (χ2n) is 5.23. The Balaban J connectivity index is 3.21. The molecule has 0 bridgehead atoms. The van der Waals surface area contributed by atoms with Gasteiger partial charge in [-0.1, -0.05) is 20.8 Å². The molecule has 0 saturated carbocycles. The molecule has 1 aromatic rings. The Hall–Kier alpha value is -2.12. The molecule has 0 spiro atoms. The van der Waals surface area contributed by atoms with Gasteiger partial charge in [-0.3, -0.25) is 10.1 Å². The summed E-state index contributed by atoms with van der Waals surface area (Å²) in [6, 6.07) is -0.196. The lowest BCUT2D eigenvalue weighted by Crippen LogP contribution is -2.32. The number of hydrogen-bond acceptors (Lipinski definition) is 7. The van der Waals surface area contributed by atoms with Gasteiger partial charge in [-0.25, -0.2) is 0 Å². The standard InChI is InChI=1S/C12H19N4O4/c1-7(12(2,3)4)13-11-14-9(19-5)8(16(17)18)10(15-11)20-6/h7H,1H2,2-6H3,(H,13,14,15). The molecule has 1 unspecified atom stereocenters. The Morgan fingerprint density at radius 3 is 2.00 bits per heavy atom. The van der Waals surface area contributed by atoms with Crippen LogP contribution >= 0.6 is 0 Å². The maximum absolute atomic E-state index is 11.0. The summed E-state index contributed by atoms with van der Waals surface area (Å²) in [5.41, 5.74) is -0.539. The third kappa shape index (κ3) is 3.46. The average Bonchev–Trinajstić information content (AvgIpc) is 2.35. The summed E-state index contributed by atoms with van der Waals surface area (Å²) in [5, 5.41) is 14.0. The Morgan fingerprint density at radius 2 is 1.70 bits per heavy atom. The molecular formula is C12H19N4O4. The molecule has 20 heavy (non-hydrogen) atoms. The number of nitro groups is 1. The van der Waals surface area contributed by atoms with E-state index >= 15 is 0 Å². The van der Waals surface area contributed by atoms with Crippen molar-refractivity contribution in [2.45, 2.75) is 26.8 Å². The zero-order chi connectivity index (χ0) is 15.5. The Labute approximate surface area is 117 Å². The van der Waals surface area contributed by atoms with Crippen molar-refractivity contribution in [3.63, 3.8) is 0 Å². The number of hydrogen-bond donors (Lipinski definition) is 1. The lowest BCUT2D eigenvalue weighted by Gasteiger charge is -2.27. The molecule has 1 aromatic heterocycles. The van der Waals surface area contributed by atoms with Crippen LogP contribution in [0.5, 0.6) is 11.8 Å². The molecule has 0 fully saturated rings. The number of nitrogens with zero attached hydrogens (tertiary/aromatic N) is 3. The zero-order valence-corrected chi connectivity index (χ0v) is 12.3. The summed E-state index contributed by atoms with van der Waals surface area (Å²) in [5.74, 6) is -0.157. The SMILES string of the molecule is [CH2]C(Nc1nc(OC)c([N+](=O)[O-])c(OC)n1)C(C)(C)C. The van der Waals surface area contributed by atoms with E-state index in [-0.39, 0.29) is 29.2 Å². The molecule has 1 rings (SSSR count). The summed E-state index contributed by atoms with van der Waals surface area (Å²) in [7, 11) is 2.59. The number of methoxy groups -OCH3 is 2. The van der Waals surface area contributed by atoms with Crippen LogP contribution in [0.2, 0.25) is 0 Å². The van der Waals surface area contributed by atoms with Crippen LogP contribution in [0.1, 0.15) is 20.8 Å². The Kier molecular flexibility index (Phi) is 4.69. The molecule has 1 radical (unpaired) electrons. The highest BCUT2D eigenvalue weighted by molar-refractivity contribution is 5.53. The lowest BCUT2D eigenvalue weighted by molar-refractivity contribution is -0.387. The van der Waals surface area contributed by atoms with Crippen LogP contribution in [-0.4, -0.2) is 35.2 Å². The Morgan fingerprint density at radius 1 is 1.25 bits per heavy atom. The van der Waals surface area contributed by atoms with Crippen molar-refractivity contribution in [3.8, 4) is 11.8 Å². The first-order chi connectivity index (χ1) is 9.20. The third-order valence-electron chi connectivity index (χ3n) is 2.74. The van der Waals surface area contributed by atoms with Crippen molar-refractivity contribution in [2.75, 3.05) is 19.5 Å². The minimum Gasteiger partial charge on any atom is -0.476 e. The van der Waals surface area contributed by atoms with E-state index in [0.717, 1.165) is 0 Å². The topological polar surface area (TPSA) is 99.4 Å². The van der Waals surface area contributed by atoms with Crippen molar-refractivity contribution < 1.29 is 14.4 Å². The largest absolute Gasteiger partial charge is 0.476 e. The van der Waals surface area contributed by atoms with Crippen LogP contribution in [-0.2, 0) is 0 Å². The molecule has 1 heterocycles. The fourth-order valence-corrected chi connectivity index (χ4v) is 1.29. The van der Waals surface area contributed by atoms with Crippen LogP contribution in [0, 0.1) is 22.5 Å². The first-order valence-electron chi connectivity index (χ1n) is 5.94. The third-order valence-corrected chi connectivity index (χ3v) is 2.74. The highest BCUT2D eigenvalue weighted by Crippen LogP contribution is 2.34. The van der Waals surface area contributed by atoms with Gasteiger partial charge >= 0.3 is 17.4 Å². The number of nitrogens with one attached hydrogen (secondary N) is 1. The monoisotopic (exact) mass is 283 g/mol. The van der Waals surface area contributed by atoms with Crippen molar-refractivity contribution in [2.24, 2.45) is 5.41 Å². The van der Waals surface area contributed by atoms with Crippen LogP contribution in [0.15, 0.2) is 0 Å². The minimum absolute atomic E-state index is 0.133. The number of ether oxygens (including phenoxy) is 2. The van der Waals surface area contributed by atoms with Crippen LogP contribution in [0.4, 0.5) is 11.6 Å². The first-order valence-corrected chi connectivity index (χ1v) is 5.94. The molecule has 1 N–H and O–H groups in total. The van der Waals surface area contributed by atoms with Crippen LogP contribution < -0.4 is 14.8 Å². The van der Waals surface area contributed by atoms with Gasteiger partial charge in [-0.2, -0.15) is 9.97 Å². The fraction of sp³-hybridized carbons (Fsp3) is 0.583. The fourth-order valence-electron chi connectivity index (χ4n) is 1.29. The Bertz CT molecular complexity index is 474. The molecule has 8 nitrogen and oxygen atoms in total. The molecule has 111 valence electrons. The predicted molar refractivity (Wildman–Crippen MR) is 74.0 cm³/mol. The lowest BCUT2D eigenvalue weighted by atomic mass is 9.88. The van der Waals surface area contributed by atoms with E-state index in [9.17, 15) is 10.1 Å². The van der Waals surface area contributed by atoms with Gasteiger partial charge in [-0.05, 0) is 12.3 Å². The van der Waals surface area contributed by atoms with Gasteiger partial charge in [0, 0.05) is 6.04 Å². The van der Waals surface area contributed by atoms with Gasteiger partial charge in [0.25, 0.3) is 0 Å². The molecule has 0 saturated heterocycles. The molecular weight excluding hydrogens is 264 g/mol. The maximum Gasteiger partial charge on any atom is 0.392 e. The average molecular weight is 283 g/mol. The molecule has 0 aliphatic heterocycles. The van der Waals surface area contributed by atoms with E-state index in [0.29, 0.717) is 0 Å². The first kappa shape index (κ1) is 15.9. The molecule has 0 aliphatic carbocycles. The second-order valence-corrected chi connectivity index (χ2v) is 5.23. The quantitative estimate of drug-likeness (QED) is 0.652. The van der Waals surface area contributed by atoms with E-state index in [4.69, 9.17) is 9.47 Å². The molecule has 0 aliphatic rings. The van der Waals surface area contributed by atoms with E-state index in [1.54, 1.807) is 0 Å². The van der Waals surface area contributed by atoms with Crippen molar-refractivity contribution >= 4 is 11.6 Å². The zero-order valence-electron chi connectivity index (χ0n) is 12.3. The predicted octanol–water partition coefficient (Wildman–Crippen LogP) is 2.06. The van der Waals surface area contributed by atoms with Crippen LogP contribution in [0.3, 0.4) is 0 Å². The van der Waals surface area contributed by atoms with Gasteiger partial charge < -0.3 is 14.8 Å². The van der Waals surface area contributed by atoms with Crippen molar-refractivity contribution in [1.29, 1.82) is 0 Å². The second kappa shape index (κ2) is 5.89. The summed E-state index contributed by atoms with van der Waals surface area (Å²) in [6.45, 7) is 9.96. The van der Waals surface area contributed by atoms with Gasteiger partial charge in [0.2, 0.25) is 5.95 Å². The smallest absolute Gasteiger partial charge is 0.392 e. The maximum atomic E-state index is 11.0. The van der Waals surface area contributed by atoms with Gasteiger partial charge in [0.05, 0.1) is 19.1 Å². The van der Waals surface area contributed by atoms with E-state index in [1.807, 2.05) is 20.8 Å². The van der Waals surface area contributed by atoms with Crippen molar-refractivity contribution in [3.05, 3.63) is 17.0 Å². The summed E-state index contributed by atoms with van der Waals surface area (Å²) in [6.07, 6.45) is 0. The van der Waals surface area contributed by atoms with Crippen LogP contribution in [0.25, 0.3) is 0 Å². The molecule has 1 atom stereocenters. The normalized spacial score (nSPS) is 12.7. The van der Waals surface area contributed by atoms with E-state index < -0.39 is 10.6 Å². The summed E-state index contributed by atoms with van der Waals surface area (Å²) < 4.78 is 9.85. The molecule has 0 amide bonds.